The lowest BCUT2D eigenvalue weighted by Gasteiger charge is -2.23. The molecule has 0 atom stereocenters. The molecule has 3 heteroatoms. The van der Waals surface area contributed by atoms with Gasteiger partial charge in [-0.15, -0.1) is 0 Å². The van der Waals surface area contributed by atoms with Crippen molar-refractivity contribution in [2.75, 3.05) is 12.4 Å². The molecule has 0 unspecified atom stereocenters. The van der Waals surface area contributed by atoms with Crippen molar-refractivity contribution in [1.82, 2.24) is 0 Å². The second-order valence-corrected chi connectivity index (χ2v) is 4.84. The Bertz CT molecular complexity index is 336. The fourth-order valence-electron chi connectivity index (χ4n) is 1.29. The lowest BCUT2D eigenvalue weighted by molar-refractivity contribution is 0.340. The minimum Gasteiger partial charge on any atom is -0.492 e. The van der Waals surface area contributed by atoms with Gasteiger partial charge in [-0.1, -0.05) is 31.5 Å². The van der Waals surface area contributed by atoms with Gasteiger partial charge in [0.05, 0.1) is 11.6 Å². The molecule has 0 aliphatic rings. The highest BCUT2D eigenvalue weighted by Gasteiger charge is 2.19. The molecule has 0 fully saturated rings. The number of rotatable bonds is 4. The fraction of sp³-hybridized carbons (Fsp3) is 0.500. The molecule has 0 amide bonds. The molecule has 1 aromatic rings. The van der Waals surface area contributed by atoms with E-state index < -0.39 is 0 Å². The van der Waals surface area contributed by atoms with Crippen molar-refractivity contribution in [1.29, 1.82) is 0 Å². The van der Waals surface area contributed by atoms with Crippen LogP contribution < -0.4 is 4.74 Å². The Morgan fingerprint density at radius 1 is 1.40 bits per heavy atom. The van der Waals surface area contributed by atoms with Crippen LogP contribution >= 0.6 is 24.2 Å². The third-order valence-corrected chi connectivity index (χ3v) is 3.49. The molecule has 0 spiro atoms. The predicted molar refractivity (Wildman–Crippen MR) is 69.5 cm³/mol. The second kappa shape index (κ2) is 5.13. The number of halogens is 1. The molecule has 1 nitrogen and oxygen atoms in total. The molecule has 0 saturated heterocycles. The summed E-state index contributed by atoms with van der Waals surface area (Å²) in [5.41, 5.74) is 1.23. The van der Waals surface area contributed by atoms with E-state index in [9.17, 15) is 0 Å². The third kappa shape index (κ3) is 3.05. The van der Waals surface area contributed by atoms with Crippen molar-refractivity contribution in [2.24, 2.45) is 0 Å². The predicted octanol–water partition coefficient (Wildman–Crippen LogP) is 3.95. The van der Waals surface area contributed by atoms with Crippen molar-refractivity contribution in [3.63, 3.8) is 0 Å². The SMILES string of the molecule is CCOc1ccc(C(C)(C)CS)cc1Cl. The number of benzene rings is 1. The van der Waals surface area contributed by atoms with E-state index in [0.717, 1.165) is 11.5 Å². The largest absolute Gasteiger partial charge is 0.492 e. The van der Waals surface area contributed by atoms with Gasteiger partial charge in [0.2, 0.25) is 0 Å². The first-order chi connectivity index (χ1) is 7.01. The molecule has 0 aromatic heterocycles. The summed E-state index contributed by atoms with van der Waals surface area (Å²) in [5, 5.41) is 0.671. The van der Waals surface area contributed by atoms with E-state index in [1.54, 1.807) is 0 Å². The molecule has 0 aliphatic heterocycles. The number of hydrogen-bond donors (Lipinski definition) is 1. The van der Waals surface area contributed by atoms with Gasteiger partial charge < -0.3 is 4.74 Å². The molecular formula is C12H17ClOS. The van der Waals surface area contributed by atoms with Crippen LogP contribution in [0, 0.1) is 0 Å². The highest BCUT2D eigenvalue weighted by atomic mass is 35.5. The van der Waals surface area contributed by atoms with E-state index in [-0.39, 0.29) is 5.41 Å². The molecule has 1 rings (SSSR count). The second-order valence-electron chi connectivity index (χ2n) is 4.12. The van der Waals surface area contributed by atoms with E-state index in [2.05, 4.69) is 26.5 Å². The van der Waals surface area contributed by atoms with Crippen LogP contribution in [0.25, 0.3) is 0 Å². The average Bonchev–Trinajstić information content (AvgIpc) is 2.21. The van der Waals surface area contributed by atoms with Crippen molar-refractivity contribution < 1.29 is 4.74 Å². The molecule has 0 aliphatic carbocycles. The summed E-state index contributed by atoms with van der Waals surface area (Å²) in [5.74, 6) is 1.54. The summed E-state index contributed by atoms with van der Waals surface area (Å²) in [6.07, 6.45) is 0. The van der Waals surface area contributed by atoms with Gasteiger partial charge in [0.15, 0.2) is 0 Å². The minimum atomic E-state index is 0.0392. The molecule has 0 saturated carbocycles. The number of thiol groups is 1. The van der Waals surface area contributed by atoms with Crippen LogP contribution in [0.3, 0.4) is 0 Å². The Kier molecular flexibility index (Phi) is 4.35. The molecular weight excluding hydrogens is 228 g/mol. The van der Waals surface area contributed by atoms with Gasteiger partial charge in [-0.25, -0.2) is 0 Å². The van der Waals surface area contributed by atoms with Crippen LogP contribution in [0.1, 0.15) is 26.3 Å². The maximum Gasteiger partial charge on any atom is 0.137 e. The summed E-state index contributed by atoms with van der Waals surface area (Å²) in [6, 6.07) is 5.93. The summed E-state index contributed by atoms with van der Waals surface area (Å²) in [4.78, 5) is 0. The monoisotopic (exact) mass is 244 g/mol. The Morgan fingerprint density at radius 3 is 2.53 bits per heavy atom. The van der Waals surface area contributed by atoms with Crippen LogP contribution in [-0.2, 0) is 5.41 Å². The third-order valence-electron chi connectivity index (χ3n) is 2.41. The van der Waals surface area contributed by atoms with Gasteiger partial charge in [0, 0.05) is 0 Å². The van der Waals surface area contributed by atoms with Crippen molar-refractivity contribution in [3.8, 4) is 5.75 Å². The van der Waals surface area contributed by atoms with Gasteiger partial charge in [-0.2, -0.15) is 12.6 Å². The normalized spacial score (nSPS) is 11.5. The minimum absolute atomic E-state index is 0.0392. The van der Waals surface area contributed by atoms with Crippen LogP contribution in [0.4, 0.5) is 0 Å². The summed E-state index contributed by atoms with van der Waals surface area (Å²) in [6.45, 7) is 6.87. The smallest absolute Gasteiger partial charge is 0.137 e. The summed E-state index contributed by atoms with van der Waals surface area (Å²) >= 11 is 10.5. The van der Waals surface area contributed by atoms with Gasteiger partial charge in [0.1, 0.15) is 5.75 Å². The van der Waals surface area contributed by atoms with Crippen molar-refractivity contribution in [3.05, 3.63) is 28.8 Å². The fourth-order valence-corrected chi connectivity index (χ4v) is 1.70. The van der Waals surface area contributed by atoms with E-state index in [1.807, 2.05) is 25.1 Å². The zero-order chi connectivity index (χ0) is 11.5. The maximum atomic E-state index is 6.12. The first kappa shape index (κ1) is 12.7. The number of hydrogen-bond acceptors (Lipinski definition) is 2. The topological polar surface area (TPSA) is 9.23 Å². The van der Waals surface area contributed by atoms with Crippen molar-refractivity contribution >= 4 is 24.2 Å². The summed E-state index contributed by atoms with van der Waals surface area (Å²) < 4.78 is 5.39. The first-order valence-corrected chi connectivity index (χ1v) is 6.06. The quantitative estimate of drug-likeness (QED) is 0.790. The van der Waals surface area contributed by atoms with Crippen LogP contribution in [-0.4, -0.2) is 12.4 Å². The molecule has 0 N–H and O–H groups in total. The van der Waals surface area contributed by atoms with Gasteiger partial charge >= 0.3 is 0 Å². The van der Waals surface area contributed by atoms with E-state index in [1.165, 1.54) is 5.56 Å². The lowest BCUT2D eigenvalue weighted by Crippen LogP contribution is -2.18. The molecule has 1 aromatic carbocycles. The Morgan fingerprint density at radius 2 is 2.07 bits per heavy atom. The highest BCUT2D eigenvalue weighted by molar-refractivity contribution is 7.80. The first-order valence-electron chi connectivity index (χ1n) is 5.05. The maximum absolute atomic E-state index is 6.12. The molecule has 0 radical (unpaired) electrons. The van der Waals surface area contributed by atoms with Gasteiger partial charge in [-0.05, 0) is 35.8 Å². The molecule has 0 bridgehead atoms. The van der Waals surface area contributed by atoms with Gasteiger partial charge in [-0.3, -0.25) is 0 Å². The standard InChI is InChI=1S/C12H17ClOS/c1-4-14-11-6-5-9(7-10(11)13)12(2,3)8-15/h5-7,15H,4,8H2,1-3H3. The van der Waals surface area contributed by atoms with E-state index in [0.29, 0.717) is 11.6 Å². The summed E-state index contributed by atoms with van der Waals surface area (Å²) in [7, 11) is 0. The zero-order valence-corrected chi connectivity index (χ0v) is 11.0. The van der Waals surface area contributed by atoms with Crippen molar-refractivity contribution in [2.45, 2.75) is 26.2 Å². The molecule has 0 heterocycles. The zero-order valence-electron chi connectivity index (χ0n) is 9.38. The van der Waals surface area contributed by atoms with Gasteiger partial charge in [0.25, 0.3) is 0 Å². The Hall–Kier alpha value is -0.340. The lowest BCUT2D eigenvalue weighted by atomic mass is 9.87. The average molecular weight is 245 g/mol. The molecule has 15 heavy (non-hydrogen) atoms. The Balaban J connectivity index is 3.01. The van der Waals surface area contributed by atoms with Crippen LogP contribution in [0.5, 0.6) is 5.75 Å². The number of ether oxygens (including phenoxy) is 1. The highest BCUT2D eigenvalue weighted by Crippen LogP contribution is 2.31. The Labute approximate surface area is 102 Å². The van der Waals surface area contributed by atoms with Crippen LogP contribution in [0.2, 0.25) is 5.02 Å². The van der Waals surface area contributed by atoms with Crippen LogP contribution in [0.15, 0.2) is 18.2 Å². The molecule has 84 valence electrons. The van der Waals surface area contributed by atoms with E-state index in [4.69, 9.17) is 16.3 Å². The van der Waals surface area contributed by atoms with E-state index >= 15 is 0 Å².